The minimum Gasteiger partial charge on any atom is -0.385 e. The van der Waals surface area contributed by atoms with E-state index in [0.717, 1.165) is 24.8 Å². The molecule has 0 saturated heterocycles. The fraction of sp³-hybridized carbons (Fsp3) is 0.280. The normalized spacial score (nSPS) is 21.6. The first-order valence-electron chi connectivity index (χ1n) is 9.94. The molecule has 0 radical (unpaired) electrons. The van der Waals surface area contributed by atoms with E-state index >= 15 is 0 Å². The zero-order valence-electron chi connectivity index (χ0n) is 15.8. The van der Waals surface area contributed by atoms with Gasteiger partial charge < -0.3 is 5.11 Å². The van der Waals surface area contributed by atoms with Gasteiger partial charge in [-0.2, -0.15) is 0 Å². The molecule has 0 heterocycles. The summed E-state index contributed by atoms with van der Waals surface area (Å²) in [5, 5.41) is 11.3. The molecule has 0 aliphatic heterocycles. The minimum absolute atomic E-state index is 0.204. The lowest BCUT2D eigenvalue weighted by molar-refractivity contribution is -0.115. The SMILES string of the molecule is O=C1C(c2ccccc2)=C(C2(O)CCCCC2)C=CC1C(=O)c1ccccc1. The molecular weight excluding hydrogens is 348 g/mol. The molecule has 4 rings (SSSR count). The molecule has 0 amide bonds. The summed E-state index contributed by atoms with van der Waals surface area (Å²) >= 11 is 0. The molecule has 0 aromatic heterocycles. The summed E-state index contributed by atoms with van der Waals surface area (Å²) in [5.41, 5.74) is 1.44. The van der Waals surface area contributed by atoms with Gasteiger partial charge in [0.05, 0.1) is 5.60 Å². The fourth-order valence-electron chi connectivity index (χ4n) is 4.34. The zero-order valence-corrected chi connectivity index (χ0v) is 15.8. The van der Waals surface area contributed by atoms with Crippen LogP contribution in [0.25, 0.3) is 5.57 Å². The maximum atomic E-state index is 13.5. The van der Waals surface area contributed by atoms with Crippen molar-refractivity contribution in [3.8, 4) is 0 Å². The van der Waals surface area contributed by atoms with Crippen LogP contribution in [-0.2, 0) is 4.79 Å². The van der Waals surface area contributed by atoms with Crippen molar-refractivity contribution < 1.29 is 14.7 Å². The Morgan fingerprint density at radius 1 is 0.893 bits per heavy atom. The number of hydrogen-bond acceptors (Lipinski definition) is 3. The molecule has 2 aliphatic rings. The van der Waals surface area contributed by atoms with Crippen molar-refractivity contribution in [1.82, 2.24) is 0 Å². The van der Waals surface area contributed by atoms with Crippen LogP contribution in [0.2, 0.25) is 0 Å². The second-order valence-electron chi connectivity index (χ2n) is 7.68. The Morgan fingerprint density at radius 2 is 1.50 bits per heavy atom. The van der Waals surface area contributed by atoms with Gasteiger partial charge in [-0.3, -0.25) is 9.59 Å². The number of hydrogen-bond donors (Lipinski definition) is 1. The van der Waals surface area contributed by atoms with Crippen LogP contribution in [0.3, 0.4) is 0 Å². The molecule has 1 N–H and O–H groups in total. The Bertz CT molecular complexity index is 932. The Hall–Kier alpha value is -2.78. The molecule has 28 heavy (non-hydrogen) atoms. The van der Waals surface area contributed by atoms with Crippen LogP contribution in [-0.4, -0.2) is 22.3 Å². The molecular formula is C25H24O3. The maximum Gasteiger partial charge on any atom is 0.178 e. The van der Waals surface area contributed by atoms with Gasteiger partial charge in [0.25, 0.3) is 0 Å². The van der Waals surface area contributed by atoms with E-state index in [0.29, 0.717) is 29.6 Å². The maximum absolute atomic E-state index is 13.5. The zero-order chi connectivity index (χ0) is 19.6. The van der Waals surface area contributed by atoms with E-state index in [1.165, 1.54) is 0 Å². The number of aliphatic hydroxyl groups is 1. The molecule has 1 atom stereocenters. The molecule has 3 nitrogen and oxygen atoms in total. The molecule has 2 aliphatic carbocycles. The fourth-order valence-corrected chi connectivity index (χ4v) is 4.34. The predicted molar refractivity (Wildman–Crippen MR) is 110 cm³/mol. The highest BCUT2D eigenvalue weighted by molar-refractivity contribution is 6.32. The van der Waals surface area contributed by atoms with Crippen molar-refractivity contribution in [2.24, 2.45) is 5.92 Å². The van der Waals surface area contributed by atoms with Crippen molar-refractivity contribution in [3.05, 3.63) is 89.5 Å². The van der Waals surface area contributed by atoms with E-state index in [1.54, 1.807) is 30.3 Å². The molecule has 2 aromatic rings. The summed E-state index contributed by atoms with van der Waals surface area (Å²) in [6.45, 7) is 0. The van der Waals surface area contributed by atoms with Crippen LogP contribution in [0.15, 0.2) is 78.4 Å². The van der Waals surface area contributed by atoms with Gasteiger partial charge >= 0.3 is 0 Å². The summed E-state index contributed by atoms with van der Waals surface area (Å²) < 4.78 is 0. The van der Waals surface area contributed by atoms with E-state index in [1.807, 2.05) is 42.5 Å². The van der Waals surface area contributed by atoms with Gasteiger partial charge in [-0.25, -0.2) is 0 Å². The summed E-state index contributed by atoms with van der Waals surface area (Å²) in [7, 11) is 0. The van der Waals surface area contributed by atoms with E-state index in [9.17, 15) is 14.7 Å². The van der Waals surface area contributed by atoms with Crippen LogP contribution in [0, 0.1) is 5.92 Å². The van der Waals surface area contributed by atoms with Crippen molar-refractivity contribution in [1.29, 1.82) is 0 Å². The first-order chi connectivity index (χ1) is 13.6. The highest BCUT2D eigenvalue weighted by atomic mass is 16.3. The smallest absolute Gasteiger partial charge is 0.178 e. The molecule has 2 aromatic carbocycles. The van der Waals surface area contributed by atoms with Crippen LogP contribution in [0.5, 0.6) is 0 Å². The number of benzene rings is 2. The third-order valence-electron chi connectivity index (χ3n) is 5.84. The van der Waals surface area contributed by atoms with Crippen molar-refractivity contribution >= 4 is 17.1 Å². The van der Waals surface area contributed by atoms with Gasteiger partial charge in [0, 0.05) is 11.1 Å². The number of ketones is 2. The third-order valence-corrected chi connectivity index (χ3v) is 5.84. The van der Waals surface area contributed by atoms with Gasteiger partial charge in [0.2, 0.25) is 0 Å². The monoisotopic (exact) mass is 372 g/mol. The topological polar surface area (TPSA) is 54.4 Å². The number of carbonyl (C=O) groups excluding carboxylic acids is 2. The van der Waals surface area contributed by atoms with Gasteiger partial charge in [-0.15, -0.1) is 0 Å². The van der Waals surface area contributed by atoms with E-state index in [2.05, 4.69) is 0 Å². The molecule has 1 fully saturated rings. The first-order valence-corrected chi connectivity index (χ1v) is 9.94. The van der Waals surface area contributed by atoms with E-state index < -0.39 is 11.5 Å². The van der Waals surface area contributed by atoms with E-state index in [4.69, 9.17) is 0 Å². The number of rotatable bonds is 4. The van der Waals surface area contributed by atoms with Crippen LogP contribution in [0.4, 0.5) is 0 Å². The van der Waals surface area contributed by atoms with Crippen LogP contribution < -0.4 is 0 Å². The summed E-state index contributed by atoms with van der Waals surface area (Å²) in [6, 6.07) is 18.3. The lowest BCUT2D eigenvalue weighted by Crippen LogP contribution is -2.37. The molecule has 1 saturated carbocycles. The van der Waals surface area contributed by atoms with Gasteiger partial charge in [-0.05, 0) is 24.0 Å². The lowest BCUT2D eigenvalue weighted by Gasteiger charge is -2.36. The molecule has 1 unspecified atom stereocenters. The van der Waals surface area contributed by atoms with E-state index in [-0.39, 0.29) is 11.6 Å². The first kappa shape index (κ1) is 18.6. The average Bonchev–Trinajstić information content (AvgIpc) is 2.75. The Morgan fingerprint density at radius 3 is 2.14 bits per heavy atom. The molecule has 0 bridgehead atoms. The predicted octanol–water partition coefficient (Wildman–Crippen LogP) is 4.77. The lowest BCUT2D eigenvalue weighted by atomic mass is 9.71. The average molecular weight is 372 g/mol. The molecule has 142 valence electrons. The van der Waals surface area contributed by atoms with Crippen LogP contribution >= 0.6 is 0 Å². The Labute approximate surface area is 165 Å². The summed E-state index contributed by atoms with van der Waals surface area (Å²) in [6.07, 6.45) is 7.77. The number of Topliss-reactive ketones (excluding diaryl/α,β-unsaturated/α-hetero) is 2. The highest BCUT2D eigenvalue weighted by Gasteiger charge is 2.40. The number of carbonyl (C=O) groups is 2. The van der Waals surface area contributed by atoms with Crippen molar-refractivity contribution in [3.63, 3.8) is 0 Å². The summed E-state index contributed by atoms with van der Waals surface area (Å²) in [4.78, 5) is 26.5. The van der Waals surface area contributed by atoms with Crippen molar-refractivity contribution in [2.75, 3.05) is 0 Å². The Balaban J connectivity index is 1.79. The van der Waals surface area contributed by atoms with Gasteiger partial charge in [0.1, 0.15) is 5.92 Å². The van der Waals surface area contributed by atoms with Gasteiger partial charge in [0.15, 0.2) is 11.6 Å². The molecule has 0 spiro atoms. The third kappa shape index (κ3) is 3.38. The van der Waals surface area contributed by atoms with Gasteiger partial charge in [-0.1, -0.05) is 92.1 Å². The highest BCUT2D eigenvalue weighted by Crippen LogP contribution is 2.42. The second-order valence-corrected chi connectivity index (χ2v) is 7.68. The summed E-state index contributed by atoms with van der Waals surface area (Å²) in [5.74, 6) is -1.28. The standard InChI is InChI=1S/C25H24O3/c26-23(19-12-6-2-7-13-19)20-14-15-21(25(28)16-8-3-9-17-25)22(24(20)27)18-10-4-1-5-11-18/h1-2,4-7,10-15,20,28H,3,8-9,16-17H2. The minimum atomic E-state index is -1.00. The second kappa shape index (κ2) is 7.69. The van der Waals surface area contributed by atoms with Crippen LogP contribution in [0.1, 0.15) is 48.0 Å². The Kier molecular flexibility index (Phi) is 5.10. The van der Waals surface area contributed by atoms with Crippen molar-refractivity contribution in [2.45, 2.75) is 37.7 Å². The quantitative estimate of drug-likeness (QED) is 0.621. The largest absolute Gasteiger partial charge is 0.385 e. The molecule has 3 heteroatoms. The number of allylic oxidation sites excluding steroid dienone is 2.